The van der Waals surface area contributed by atoms with Crippen LogP contribution >= 0.6 is 0 Å². The number of nitrogens with one attached hydrogen (secondary N) is 1. The van der Waals surface area contributed by atoms with Crippen LogP contribution in [0.2, 0.25) is 0 Å². The summed E-state index contributed by atoms with van der Waals surface area (Å²) in [5, 5.41) is 6.39. The molecule has 4 nitrogen and oxygen atoms in total. The van der Waals surface area contributed by atoms with E-state index >= 15 is 0 Å². The number of ether oxygens (including phenoxy) is 1. The molecule has 1 N–H and O–H groups in total. The van der Waals surface area contributed by atoms with Crippen molar-refractivity contribution in [2.75, 3.05) is 13.2 Å². The monoisotopic (exact) mass is 489 g/mol. The van der Waals surface area contributed by atoms with Crippen molar-refractivity contribution >= 4 is 33.2 Å². The Kier molecular flexibility index (Phi) is 7.09. The van der Waals surface area contributed by atoms with E-state index in [0.29, 0.717) is 13.2 Å². The van der Waals surface area contributed by atoms with Gasteiger partial charge in [0.2, 0.25) is 5.91 Å². The van der Waals surface area contributed by atoms with Gasteiger partial charge in [-0.2, -0.15) is 0 Å². The number of benzene rings is 4. The lowest BCUT2D eigenvalue weighted by molar-refractivity contribution is -0.116. The Bertz CT molecular complexity index is 1590. The van der Waals surface area contributed by atoms with E-state index in [9.17, 15) is 4.79 Å². The molecular formula is C33H31NO3. The second kappa shape index (κ2) is 10.8. The van der Waals surface area contributed by atoms with Crippen molar-refractivity contribution in [3.05, 3.63) is 108 Å². The summed E-state index contributed by atoms with van der Waals surface area (Å²) in [5.41, 5.74) is 6.78. The van der Waals surface area contributed by atoms with Crippen molar-refractivity contribution in [2.45, 2.75) is 27.2 Å². The molecular weight excluding hydrogens is 458 g/mol. The van der Waals surface area contributed by atoms with Crippen LogP contribution in [0.4, 0.5) is 0 Å². The third-order valence-electron chi connectivity index (χ3n) is 6.72. The van der Waals surface area contributed by atoms with Crippen LogP contribution in [0.1, 0.15) is 30.5 Å². The van der Waals surface area contributed by atoms with E-state index in [2.05, 4.69) is 59.9 Å². The predicted octanol–water partition coefficient (Wildman–Crippen LogP) is 7.72. The molecule has 4 heteroatoms. The van der Waals surface area contributed by atoms with Crippen molar-refractivity contribution < 1.29 is 13.9 Å². The molecule has 0 bridgehead atoms. The first-order valence-electron chi connectivity index (χ1n) is 12.7. The molecule has 0 fully saturated rings. The lowest BCUT2D eigenvalue weighted by atomic mass is 9.95. The molecule has 0 atom stereocenters. The maximum absolute atomic E-state index is 12.8. The van der Waals surface area contributed by atoms with Gasteiger partial charge in [0.05, 0.1) is 12.9 Å². The Morgan fingerprint density at radius 2 is 1.73 bits per heavy atom. The molecule has 0 spiro atoms. The minimum atomic E-state index is -0.115. The highest BCUT2D eigenvalue weighted by atomic mass is 16.5. The van der Waals surface area contributed by atoms with Crippen LogP contribution in [0, 0.1) is 6.92 Å². The molecule has 0 saturated heterocycles. The molecule has 1 aromatic heterocycles. The summed E-state index contributed by atoms with van der Waals surface area (Å²) in [6.45, 7) is 7.03. The van der Waals surface area contributed by atoms with Gasteiger partial charge in [-0.25, -0.2) is 0 Å². The van der Waals surface area contributed by atoms with Gasteiger partial charge in [0.1, 0.15) is 11.3 Å². The van der Waals surface area contributed by atoms with Gasteiger partial charge >= 0.3 is 0 Å². The molecule has 0 saturated carbocycles. The number of aryl methyl sites for hydroxylation is 1. The summed E-state index contributed by atoms with van der Waals surface area (Å²) in [4.78, 5) is 12.8. The zero-order valence-corrected chi connectivity index (χ0v) is 21.5. The van der Waals surface area contributed by atoms with Crippen molar-refractivity contribution in [1.29, 1.82) is 0 Å². The average molecular weight is 490 g/mol. The molecule has 4 aromatic carbocycles. The third kappa shape index (κ3) is 5.14. The van der Waals surface area contributed by atoms with Crippen LogP contribution in [0.25, 0.3) is 38.4 Å². The average Bonchev–Trinajstić information content (AvgIpc) is 3.35. The standard InChI is InChI=1S/C33H31NO3/c1-4-36-32-23(3)33-29(30(21-37-33)27-15-14-25-12-8-9-13-26(25)19-27)20-28(32)22(2)18-31(35)34-17-16-24-10-6-5-7-11-24/h5-15,18-21H,4,16-17H2,1-3H3,(H,34,35)/b22-18+. The number of carbonyl (C=O) groups excluding carboxylic acids is 1. The topological polar surface area (TPSA) is 51.5 Å². The first-order valence-corrected chi connectivity index (χ1v) is 12.7. The van der Waals surface area contributed by atoms with Crippen molar-refractivity contribution in [3.8, 4) is 16.9 Å². The number of hydrogen-bond acceptors (Lipinski definition) is 3. The summed E-state index contributed by atoms with van der Waals surface area (Å²) in [7, 11) is 0. The number of carbonyl (C=O) groups is 1. The largest absolute Gasteiger partial charge is 0.493 e. The van der Waals surface area contributed by atoms with E-state index in [-0.39, 0.29) is 5.91 Å². The van der Waals surface area contributed by atoms with Crippen LogP contribution in [0.5, 0.6) is 5.75 Å². The van der Waals surface area contributed by atoms with Crippen LogP contribution in [-0.4, -0.2) is 19.1 Å². The SMILES string of the molecule is CCOc1c(/C(C)=C/C(=O)NCCc2ccccc2)cc2c(-c3ccc4ccccc4c3)coc2c1C. The Hall–Kier alpha value is -4.31. The van der Waals surface area contributed by atoms with Gasteiger partial charge in [-0.1, -0.05) is 66.7 Å². The fourth-order valence-corrected chi connectivity index (χ4v) is 4.82. The fourth-order valence-electron chi connectivity index (χ4n) is 4.82. The first kappa shape index (κ1) is 24.4. The molecule has 0 aliphatic heterocycles. The zero-order valence-electron chi connectivity index (χ0n) is 21.5. The predicted molar refractivity (Wildman–Crippen MR) is 152 cm³/mol. The highest BCUT2D eigenvalue weighted by Gasteiger charge is 2.19. The van der Waals surface area contributed by atoms with Crippen LogP contribution in [-0.2, 0) is 11.2 Å². The zero-order chi connectivity index (χ0) is 25.8. The van der Waals surface area contributed by atoms with E-state index in [1.165, 1.54) is 16.3 Å². The van der Waals surface area contributed by atoms with Gasteiger partial charge in [-0.05, 0) is 66.8 Å². The Morgan fingerprint density at radius 1 is 0.973 bits per heavy atom. The van der Waals surface area contributed by atoms with Crippen LogP contribution in [0.3, 0.4) is 0 Å². The summed E-state index contributed by atoms with van der Waals surface area (Å²) in [5.74, 6) is 0.635. The van der Waals surface area contributed by atoms with Crippen LogP contribution < -0.4 is 10.1 Å². The quantitative estimate of drug-likeness (QED) is 0.227. The molecule has 0 aliphatic carbocycles. The fraction of sp³-hybridized carbons (Fsp3) is 0.182. The molecule has 1 amide bonds. The maximum Gasteiger partial charge on any atom is 0.244 e. The lowest BCUT2D eigenvalue weighted by Gasteiger charge is -2.15. The van der Waals surface area contributed by atoms with Gasteiger partial charge in [0, 0.05) is 34.7 Å². The molecule has 37 heavy (non-hydrogen) atoms. The molecule has 0 radical (unpaired) electrons. The highest BCUT2D eigenvalue weighted by molar-refractivity contribution is 6.02. The maximum atomic E-state index is 12.8. The van der Waals surface area contributed by atoms with E-state index in [1.54, 1.807) is 6.08 Å². The first-order chi connectivity index (χ1) is 18.0. The number of allylic oxidation sites excluding steroid dienone is 1. The molecule has 0 unspecified atom stereocenters. The van der Waals surface area contributed by atoms with E-state index in [4.69, 9.17) is 9.15 Å². The van der Waals surface area contributed by atoms with Gasteiger partial charge in [0.15, 0.2) is 0 Å². The van der Waals surface area contributed by atoms with Crippen LogP contribution in [0.15, 0.2) is 95.6 Å². The second-order valence-electron chi connectivity index (χ2n) is 9.25. The Labute approximate surface area is 217 Å². The van der Waals surface area contributed by atoms with Gasteiger partial charge < -0.3 is 14.5 Å². The number of amides is 1. The highest BCUT2D eigenvalue weighted by Crippen LogP contribution is 2.41. The molecule has 5 aromatic rings. The molecule has 0 aliphatic rings. The van der Waals surface area contributed by atoms with E-state index in [1.807, 2.05) is 51.3 Å². The number of fused-ring (bicyclic) bond motifs is 2. The van der Waals surface area contributed by atoms with E-state index in [0.717, 1.165) is 51.0 Å². The molecule has 1 heterocycles. The number of rotatable bonds is 8. The van der Waals surface area contributed by atoms with Crippen molar-refractivity contribution in [1.82, 2.24) is 5.32 Å². The van der Waals surface area contributed by atoms with Gasteiger partial charge in [-0.3, -0.25) is 4.79 Å². The smallest absolute Gasteiger partial charge is 0.244 e. The second-order valence-corrected chi connectivity index (χ2v) is 9.25. The summed E-state index contributed by atoms with van der Waals surface area (Å²) in [6.07, 6.45) is 4.26. The molecule has 186 valence electrons. The minimum absolute atomic E-state index is 0.115. The summed E-state index contributed by atoms with van der Waals surface area (Å²) < 4.78 is 12.1. The van der Waals surface area contributed by atoms with Gasteiger partial charge in [-0.15, -0.1) is 0 Å². The van der Waals surface area contributed by atoms with E-state index < -0.39 is 0 Å². The Morgan fingerprint density at radius 3 is 2.51 bits per heavy atom. The van der Waals surface area contributed by atoms with Crippen molar-refractivity contribution in [3.63, 3.8) is 0 Å². The summed E-state index contributed by atoms with van der Waals surface area (Å²) in [6, 6.07) is 27.0. The third-order valence-corrected chi connectivity index (χ3v) is 6.72. The lowest BCUT2D eigenvalue weighted by Crippen LogP contribution is -2.23. The number of hydrogen-bond donors (Lipinski definition) is 1. The van der Waals surface area contributed by atoms with Gasteiger partial charge in [0.25, 0.3) is 0 Å². The number of furan rings is 1. The molecule has 5 rings (SSSR count). The van der Waals surface area contributed by atoms with Crippen molar-refractivity contribution in [2.24, 2.45) is 0 Å². The summed E-state index contributed by atoms with van der Waals surface area (Å²) >= 11 is 0. The minimum Gasteiger partial charge on any atom is -0.493 e. The normalized spacial score (nSPS) is 11.7. The Balaban J connectivity index is 1.48.